The number of amides is 1. The Morgan fingerprint density at radius 3 is 2.47 bits per heavy atom. The van der Waals surface area contributed by atoms with E-state index in [1.54, 1.807) is 26.3 Å². The highest BCUT2D eigenvalue weighted by Gasteiger charge is 2.38. The Hall–Kier alpha value is -4.50. The Balaban J connectivity index is 1.27. The summed E-state index contributed by atoms with van der Waals surface area (Å²) in [4.78, 5) is 25.1. The largest absolute Gasteiger partial charge is 0.481 e. The van der Waals surface area contributed by atoms with Crippen LogP contribution in [-0.2, 0) is 30.5 Å². The summed E-state index contributed by atoms with van der Waals surface area (Å²) >= 11 is 7.07. The van der Waals surface area contributed by atoms with Crippen molar-refractivity contribution < 1.29 is 37.3 Å². The minimum atomic E-state index is -4.75. The molecule has 1 aliphatic carbocycles. The van der Waals surface area contributed by atoms with Crippen LogP contribution >= 0.6 is 11.6 Å². The number of pyridine rings is 3. The molecule has 3 atom stereocenters. The normalized spacial score (nSPS) is 17.6. The topological polar surface area (TPSA) is 140 Å². The molecule has 4 heterocycles. The van der Waals surface area contributed by atoms with E-state index >= 15 is 0 Å². The SMILES string of the molecule is COc1nc(-c2ccnc(-c3cccc4c3CCC[C@@H]4Oc3nc(OC)c(CNCC(C)O)cc3C(F)(F)F)c2Cl)ccc1CNC[C@H]1CCC(=O)N1. The number of carbonyl (C=O) groups is 1. The van der Waals surface area contributed by atoms with Crippen molar-refractivity contribution in [2.75, 3.05) is 27.3 Å². The molecule has 6 rings (SSSR count). The van der Waals surface area contributed by atoms with Crippen LogP contribution in [0.1, 0.15) is 66.5 Å². The highest BCUT2D eigenvalue weighted by molar-refractivity contribution is 6.35. The number of alkyl halides is 3. The maximum absolute atomic E-state index is 14.4. The van der Waals surface area contributed by atoms with E-state index in [0.717, 1.165) is 34.7 Å². The number of carbonyl (C=O) groups excluding carboxylic acids is 1. The van der Waals surface area contributed by atoms with Crippen LogP contribution in [0.15, 0.2) is 48.7 Å². The van der Waals surface area contributed by atoms with Crippen molar-refractivity contribution in [3.05, 3.63) is 81.5 Å². The van der Waals surface area contributed by atoms with Crippen LogP contribution in [0.5, 0.6) is 17.6 Å². The number of fused-ring (bicyclic) bond motifs is 1. The van der Waals surface area contributed by atoms with Gasteiger partial charge >= 0.3 is 6.18 Å². The first-order valence-electron chi connectivity index (χ1n) is 17.5. The number of nitrogens with zero attached hydrogens (tertiary/aromatic N) is 3. The number of benzene rings is 1. The first kappa shape index (κ1) is 38.2. The van der Waals surface area contributed by atoms with Crippen molar-refractivity contribution in [3.63, 3.8) is 0 Å². The molecule has 1 saturated heterocycles. The average molecular weight is 755 g/mol. The summed E-state index contributed by atoms with van der Waals surface area (Å²) in [5.41, 5.74) is 4.09. The van der Waals surface area contributed by atoms with Gasteiger partial charge in [-0.3, -0.25) is 9.78 Å². The van der Waals surface area contributed by atoms with Gasteiger partial charge in [-0.2, -0.15) is 18.2 Å². The molecule has 0 bridgehead atoms. The maximum atomic E-state index is 14.4. The Bertz CT molecular complexity index is 1950. The number of halogens is 4. The van der Waals surface area contributed by atoms with Gasteiger partial charge in [-0.25, -0.2) is 4.98 Å². The zero-order chi connectivity index (χ0) is 37.7. The molecule has 4 aromatic rings. The third-order valence-corrected chi connectivity index (χ3v) is 9.71. The second-order valence-electron chi connectivity index (χ2n) is 13.2. The summed E-state index contributed by atoms with van der Waals surface area (Å²) in [5.74, 6) is -0.0718. The standard InChI is InChI=1S/C38H42ClF3N6O5/c1-21(49)17-43-19-23-16-29(38(40,41)42)37(48-36(23)52-3)53-31-9-5-6-25-26(31)7-4-8-27(25)34-33(39)28(14-15-45-34)30-12-10-22(35(47-30)51-2)18-44-20-24-11-13-32(50)46-24/h4,7-8,10,12,14-16,21,24,31,43-44,49H,5-6,9,11,13,17-20H2,1-3H3,(H,46,50)/t21?,24-,31+/m1/s1. The average Bonchev–Trinajstić information content (AvgIpc) is 3.56. The summed E-state index contributed by atoms with van der Waals surface area (Å²) in [5, 5.41) is 19.2. The van der Waals surface area contributed by atoms with E-state index in [9.17, 15) is 23.1 Å². The van der Waals surface area contributed by atoms with Crippen LogP contribution in [-0.4, -0.2) is 65.4 Å². The third-order valence-electron chi connectivity index (χ3n) is 9.33. The third kappa shape index (κ3) is 8.84. The van der Waals surface area contributed by atoms with Crippen LogP contribution in [0.25, 0.3) is 22.5 Å². The molecule has 1 aromatic carbocycles. The molecule has 11 nitrogen and oxygen atoms in total. The van der Waals surface area contributed by atoms with E-state index in [0.29, 0.717) is 66.6 Å². The molecule has 53 heavy (non-hydrogen) atoms. The van der Waals surface area contributed by atoms with E-state index in [2.05, 4.69) is 25.9 Å². The summed E-state index contributed by atoms with van der Waals surface area (Å²) in [7, 11) is 2.89. The zero-order valence-electron chi connectivity index (χ0n) is 29.6. The number of hydrogen-bond acceptors (Lipinski definition) is 10. The number of rotatable bonds is 14. The van der Waals surface area contributed by atoms with E-state index < -0.39 is 29.8 Å². The molecule has 0 saturated carbocycles. The van der Waals surface area contributed by atoms with Crippen molar-refractivity contribution in [1.29, 1.82) is 0 Å². The van der Waals surface area contributed by atoms with Gasteiger partial charge in [-0.05, 0) is 61.9 Å². The number of aromatic nitrogens is 3. The molecule has 4 N–H and O–H groups in total. The minimum absolute atomic E-state index is 0.00252. The van der Waals surface area contributed by atoms with Crippen LogP contribution in [0, 0.1) is 0 Å². The van der Waals surface area contributed by atoms with Crippen molar-refractivity contribution >= 4 is 17.5 Å². The van der Waals surface area contributed by atoms with Gasteiger partial charge in [0.2, 0.25) is 23.5 Å². The van der Waals surface area contributed by atoms with Gasteiger partial charge in [0.05, 0.1) is 36.7 Å². The lowest BCUT2D eigenvalue weighted by Crippen LogP contribution is -2.35. The Morgan fingerprint density at radius 2 is 1.75 bits per heavy atom. The van der Waals surface area contributed by atoms with Gasteiger partial charge < -0.3 is 35.3 Å². The molecule has 1 amide bonds. The van der Waals surface area contributed by atoms with Gasteiger partial charge in [0.15, 0.2) is 0 Å². The highest BCUT2D eigenvalue weighted by atomic mass is 35.5. The smallest absolute Gasteiger partial charge is 0.421 e. The van der Waals surface area contributed by atoms with Crippen LogP contribution in [0.4, 0.5) is 13.2 Å². The Morgan fingerprint density at radius 1 is 0.981 bits per heavy atom. The van der Waals surface area contributed by atoms with Gasteiger partial charge in [0, 0.05) is 67.1 Å². The van der Waals surface area contributed by atoms with Crippen molar-refractivity contribution in [2.24, 2.45) is 0 Å². The summed E-state index contributed by atoms with van der Waals surface area (Å²) in [6.45, 7) is 2.90. The second-order valence-corrected chi connectivity index (χ2v) is 13.6. The summed E-state index contributed by atoms with van der Waals surface area (Å²) in [6.07, 6.45) is -1.41. The van der Waals surface area contributed by atoms with Crippen molar-refractivity contribution in [1.82, 2.24) is 30.9 Å². The molecule has 2 aliphatic rings. The number of ether oxygens (including phenoxy) is 3. The molecule has 0 radical (unpaired) electrons. The number of aliphatic hydroxyl groups is 1. The van der Waals surface area contributed by atoms with Gasteiger partial charge in [0.1, 0.15) is 11.7 Å². The predicted molar refractivity (Wildman–Crippen MR) is 193 cm³/mol. The monoisotopic (exact) mass is 754 g/mol. The van der Waals surface area contributed by atoms with E-state index in [-0.39, 0.29) is 36.5 Å². The van der Waals surface area contributed by atoms with Gasteiger partial charge in [-0.15, -0.1) is 0 Å². The van der Waals surface area contributed by atoms with Crippen LogP contribution < -0.4 is 30.2 Å². The Kier molecular flexibility index (Phi) is 12.0. The fourth-order valence-corrected chi connectivity index (χ4v) is 7.10. The second kappa shape index (κ2) is 16.7. The molecular weight excluding hydrogens is 713 g/mol. The highest BCUT2D eigenvalue weighted by Crippen LogP contribution is 2.44. The molecule has 1 unspecified atom stereocenters. The van der Waals surface area contributed by atoms with Gasteiger partial charge in [0.25, 0.3) is 0 Å². The fourth-order valence-electron chi connectivity index (χ4n) is 6.79. The van der Waals surface area contributed by atoms with Crippen molar-refractivity contribution in [2.45, 2.75) is 76.5 Å². The molecular formula is C38H42ClF3N6O5. The minimum Gasteiger partial charge on any atom is -0.481 e. The lowest BCUT2D eigenvalue weighted by Gasteiger charge is -2.29. The number of nitrogens with one attached hydrogen (secondary N) is 3. The lowest BCUT2D eigenvalue weighted by atomic mass is 9.85. The van der Waals surface area contributed by atoms with Crippen LogP contribution in [0.3, 0.4) is 0 Å². The molecule has 1 fully saturated rings. The van der Waals surface area contributed by atoms with Crippen molar-refractivity contribution in [3.8, 4) is 40.2 Å². The first-order chi connectivity index (χ1) is 25.5. The molecule has 282 valence electrons. The van der Waals surface area contributed by atoms with E-state index in [4.69, 9.17) is 30.8 Å². The Labute approximate surface area is 310 Å². The van der Waals surface area contributed by atoms with E-state index in [1.165, 1.54) is 7.11 Å². The molecule has 1 aliphatic heterocycles. The quantitative estimate of drug-likeness (QED) is 0.118. The fraction of sp³-hybridized carbons (Fsp3) is 0.421. The molecule has 3 aromatic heterocycles. The predicted octanol–water partition coefficient (Wildman–Crippen LogP) is 6.19. The number of aliphatic hydroxyl groups excluding tert-OH is 1. The number of methoxy groups -OCH3 is 2. The molecule has 15 heteroatoms. The zero-order valence-corrected chi connectivity index (χ0v) is 30.4. The summed E-state index contributed by atoms with van der Waals surface area (Å²) < 4.78 is 60.3. The lowest BCUT2D eigenvalue weighted by molar-refractivity contribution is -0.139. The van der Waals surface area contributed by atoms with Gasteiger partial charge in [-0.1, -0.05) is 35.9 Å². The maximum Gasteiger partial charge on any atom is 0.421 e. The molecule has 0 spiro atoms. The summed E-state index contributed by atoms with van der Waals surface area (Å²) in [6, 6.07) is 12.2. The van der Waals surface area contributed by atoms with Crippen LogP contribution in [0.2, 0.25) is 5.02 Å². The number of hydrogen-bond donors (Lipinski definition) is 4. The first-order valence-corrected chi connectivity index (χ1v) is 17.9. The van der Waals surface area contributed by atoms with E-state index in [1.807, 2.05) is 30.3 Å².